The van der Waals surface area contributed by atoms with E-state index in [-0.39, 0.29) is 0 Å². The molecule has 1 fully saturated rings. The van der Waals surface area contributed by atoms with Crippen LogP contribution in [0.3, 0.4) is 0 Å². The Morgan fingerprint density at radius 1 is 1.00 bits per heavy atom. The summed E-state index contributed by atoms with van der Waals surface area (Å²) in [6, 6.07) is 0. The molecule has 0 N–H and O–H groups in total. The molecule has 1 heteroatoms. The third-order valence-corrected chi connectivity index (χ3v) is 9.47. The molecule has 0 aromatic heterocycles. The summed E-state index contributed by atoms with van der Waals surface area (Å²) in [5.41, 5.74) is 2.13. The van der Waals surface area contributed by atoms with Crippen molar-refractivity contribution in [3.63, 3.8) is 0 Å². The summed E-state index contributed by atoms with van der Waals surface area (Å²) in [5, 5.41) is 0. The van der Waals surface area contributed by atoms with Gasteiger partial charge < -0.3 is 0 Å². The molecule has 0 amide bonds. The summed E-state index contributed by atoms with van der Waals surface area (Å²) >= 11 is 0. The average Bonchev–Trinajstić information content (AvgIpc) is 1.84. The van der Waals surface area contributed by atoms with E-state index in [1.807, 2.05) is 0 Å². The molecule has 1 rings (SSSR count). The predicted octanol–water partition coefficient (Wildman–Crippen LogP) is 3.66. The normalized spacial score (nSPS) is 39.6. The Bertz CT molecular complexity index is 106. The quantitative estimate of drug-likeness (QED) is 0.470. The van der Waals surface area contributed by atoms with E-state index < -0.39 is 8.07 Å². The fourth-order valence-electron chi connectivity index (χ4n) is 1.96. The molecule has 0 aromatic carbocycles. The van der Waals surface area contributed by atoms with Gasteiger partial charge in [0.1, 0.15) is 0 Å². The van der Waals surface area contributed by atoms with E-state index in [2.05, 4.69) is 26.9 Å². The van der Waals surface area contributed by atoms with Crippen molar-refractivity contribution in [2.24, 2.45) is 0 Å². The molecule has 0 aromatic rings. The Morgan fingerprint density at radius 3 is 1.70 bits per heavy atom. The van der Waals surface area contributed by atoms with Crippen molar-refractivity contribution in [1.29, 1.82) is 0 Å². The average molecular weight is 156 g/mol. The van der Waals surface area contributed by atoms with Gasteiger partial charge in [-0.1, -0.05) is 46.2 Å². The lowest BCUT2D eigenvalue weighted by Crippen LogP contribution is -2.38. The van der Waals surface area contributed by atoms with Gasteiger partial charge in [0.05, 0.1) is 8.07 Å². The van der Waals surface area contributed by atoms with Crippen molar-refractivity contribution in [2.45, 2.75) is 57.3 Å². The van der Waals surface area contributed by atoms with Crippen LogP contribution in [0, 0.1) is 0 Å². The Morgan fingerprint density at radius 2 is 1.40 bits per heavy atom. The molecule has 0 saturated carbocycles. The SMILES string of the molecule is CC1CCCC(C)[Si]1(C)C. The van der Waals surface area contributed by atoms with Gasteiger partial charge in [0.25, 0.3) is 0 Å². The van der Waals surface area contributed by atoms with Gasteiger partial charge in [0.15, 0.2) is 0 Å². The van der Waals surface area contributed by atoms with Crippen LogP contribution < -0.4 is 0 Å². The second-order valence-corrected chi connectivity index (χ2v) is 10.2. The van der Waals surface area contributed by atoms with Gasteiger partial charge in [-0.2, -0.15) is 0 Å². The van der Waals surface area contributed by atoms with Crippen LogP contribution in [0.5, 0.6) is 0 Å². The summed E-state index contributed by atoms with van der Waals surface area (Å²) < 4.78 is 0. The molecule has 0 radical (unpaired) electrons. The number of hydrogen-bond donors (Lipinski definition) is 0. The van der Waals surface area contributed by atoms with Crippen LogP contribution in [0.15, 0.2) is 0 Å². The highest BCUT2D eigenvalue weighted by Crippen LogP contribution is 2.43. The van der Waals surface area contributed by atoms with Gasteiger partial charge >= 0.3 is 0 Å². The lowest BCUT2D eigenvalue weighted by molar-refractivity contribution is 0.577. The van der Waals surface area contributed by atoms with Gasteiger partial charge in [-0.05, 0) is 11.1 Å². The first-order valence-corrected chi connectivity index (χ1v) is 7.70. The Labute approximate surface area is 66.0 Å². The molecule has 60 valence electrons. The molecule has 0 aliphatic carbocycles. The van der Waals surface area contributed by atoms with Gasteiger partial charge in [-0.15, -0.1) is 0 Å². The summed E-state index contributed by atoms with van der Waals surface area (Å²) in [7, 11) is -0.797. The van der Waals surface area contributed by atoms with Crippen LogP contribution in [0.4, 0.5) is 0 Å². The minimum Gasteiger partial charge on any atom is -0.0690 e. The molecule has 1 saturated heterocycles. The third-order valence-electron chi connectivity index (χ3n) is 3.81. The van der Waals surface area contributed by atoms with E-state index >= 15 is 0 Å². The molecular formula is C9H20Si. The minimum atomic E-state index is -0.797. The van der Waals surface area contributed by atoms with Crippen LogP contribution in [-0.2, 0) is 0 Å². The Kier molecular flexibility index (Phi) is 2.23. The highest BCUT2D eigenvalue weighted by molar-refractivity contribution is 6.80. The molecule has 1 aliphatic rings. The van der Waals surface area contributed by atoms with E-state index in [9.17, 15) is 0 Å². The smallest absolute Gasteiger partial charge is 0.0530 e. The Balaban J connectivity index is 2.63. The molecule has 2 unspecified atom stereocenters. The second-order valence-electron chi connectivity index (χ2n) is 4.55. The monoisotopic (exact) mass is 156 g/mol. The van der Waals surface area contributed by atoms with E-state index in [1.54, 1.807) is 0 Å². The Hall–Kier alpha value is 0.217. The zero-order valence-corrected chi connectivity index (χ0v) is 8.78. The van der Waals surface area contributed by atoms with Crippen LogP contribution in [0.25, 0.3) is 0 Å². The molecule has 0 spiro atoms. The van der Waals surface area contributed by atoms with Crippen molar-refractivity contribution >= 4 is 8.07 Å². The summed E-state index contributed by atoms with van der Waals surface area (Å²) in [4.78, 5) is 0. The number of hydrogen-bond acceptors (Lipinski definition) is 0. The van der Waals surface area contributed by atoms with E-state index in [4.69, 9.17) is 0 Å². The van der Waals surface area contributed by atoms with Crippen LogP contribution in [0.1, 0.15) is 33.1 Å². The van der Waals surface area contributed by atoms with E-state index in [0.29, 0.717) is 0 Å². The predicted molar refractivity (Wildman–Crippen MR) is 50.2 cm³/mol. The highest BCUT2D eigenvalue weighted by Gasteiger charge is 2.36. The lowest BCUT2D eigenvalue weighted by Gasteiger charge is -2.40. The minimum absolute atomic E-state index is 0.797. The fourth-order valence-corrected chi connectivity index (χ4v) is 4.83. The third kappa shape index (κ3) is 1.29. The van der Waals surface area contributed by atoms with Gasteiger partial charge in [-0.3, -0.25) is 0 Å². The van der Waals surface area contributed by atoms with Gasteiger partial charge in [0.2, 0.25) is 0 Å². The van der Waals surface area contributed by atoms with E-state index in [1.165, 1.54) is 19.3 Å². The first-order chi connectivity index (χ1) is 4.55. The van der Waals surface area contributed by atoms with Gasteiger partial charge in [-0.25, -0.2) is 0 Å². The van der Waals surface area contributed by atoms with E-state index in [0.717, 1.165) is 11.1 Å². The molecule has 10 heavy (non-hydrogen) atoms. The summed E-state index contributed by atoms with van der Waals surface area (Å²) in [6.07, 6.45) is 4.49. The summed E-state index contributed by atoms with van der Waals surface area (Å²) in [6.45, 7) is 10.0. The van der Waals surface area contributed by atoms with Crippen molar-refractivity contribution in [2.75, 3.05) is 0 Å². The number of rotatable bonds is 0. The molecule has 1 heterocycles. The first kappa shape index (κ1) is 8.31. The second kappa shape index (κ2) is 2.69. The van der Waals surface area contributed by atoms with Crippen LogP contribution >= 0.6 is 0 Å². The standard InChI is InChI=1S/C9H20Si/c1-8-6-5-7-9(2)10(8,3)4/h8-9H,5-7H2,1-4H3. The maximum absolute atomic E-state index is 2.56. The lowest BCUT2D eigenvalue weighted by atomic mass is 10.1. The summed E-state index contributed by atoms with van der Waals surface area (Å²) in [5.74, 6) is 0. The van der Waals surface area contributed by atoms with Gasteiger partial charge in [0, 0.05) is 0 Å². The molecule has 2 atom stereocenters. The van der Waals surface area contributed by atoms with Crippen molar-refractivity contribution < 1.29 is 0 Å². The van der Waals surface area contributed by atoms with Crippen molar-refractivity contribution in [1.82, 2.24) is 0 Å². The zero-order valence-electron chi connectivity index (χ0n) is 7.78. The largest absolute Gasteiger partial charge is 0.0690 e. The molecule has 0 nitrogen and oxygen atoms in total. The highest BCUT2D eigenvalue weighted by atomic mass is 28.3. The van der Waals surface area contributed by atoms with Crippen molar-refractivity contribution in [3.05, 3.63) is 0 Å². The molecule has 1 aliphatic heterocycles. The van der Waals surface area contributed by atoms with Crippen LogP contribution in [0.2, 0.25) is 24.2 Å². The fraction of sp³-hybridized carbons (Fsp3) is 1.00. The zero-order chi connectivity index (χ0) is 7.78. The van der Waals surface area contributed by atoms with Crippen molar-refractivity contribution in [3.8, 4) is 0 Å². The first-order valence-electron chi connectivity index (χ1n) is 4.55. The topological polar surface area (TPSA) is 0 Å². The maximum atomic E-state index is 2.56. The molecule has 0 bridgehead atoms. The maximum Gasteiger partial charge on any atom is 0.0530 e. The van der Waals surface area contributed by atoms with Crippen LogP contribution in [-0.4, -0.2) is 8.07 Å². The molecular weight excluding hydrogens is 136 g/mol.